The Bertz CT molecular complexity index is 566. The second-order valence-corrected chi connectivity index (χ2v) is 6.11. The van der Waals surface area contributed by atoms with Crippen molar-refractivity contribution in [3.05, 3.63) is 23.8 Å². The fourth-order valence-electron chi connectivity index (χ4n) is 3.01. The molecule has 1 aliphatic heterocycles. The highest BCUT2D eigenvalue weighted by Crippen LogP contribution is 2.49. The summed E-state index contributed by atoms with van der Waals surface area (Å²) in [6, 6.07) is 6.01. The largest absolute Gasteiger partial charge is 0.493 e. The Labute approximate surface area is 136 Å². The van der Waals surface area contributed by atoms with Crippen LogP contribution in [0.3, 0.4) is 0 Å². The smallest absolute Gasteiger partial charge is 0.317 e. The number of hydrogen-bond donors (Lipinski definition) is 1. The lowest BCUT2D eigenvalue weighted by Gasteiger charge is -2.28. The second kappa shape index (κ2) is 6.66. The molecular weight excluding hydrogens is 296 g/mol. The van der Waals surface area contributed by atoms with Crippen molar-refractivity contribution in [3.63, 3.8) is 0 Å². The first-order valence-electron chi connectivity index (χ1n) is 8.01. The van der Waals surface area contributed by atoms with E-state index in [2.05, 4.69) is 11.4 Å². The van der Waals surface area contributed by atoms with Gasteiger partial charge in [0.1, 0.15) is 0 Å². The number of carbonyl (C=O) groups excluding carboxylic acids is 1. The number of hydrogen-bond acceptors (Lipinski definition) is 4. The summed E-state index contributed by atoms with van der Waals surface area (Å²) >= 11 is 0. The van der Waals surface area contributed by atoms with Crippen LogP contribution >= 0.6 is 0 Å². The van der Waals surface area contributed by atoms with E-state index < -0.39 is 0 Å². The molecule has 2 fully saturated rings. The Hall–Kier alpha value is -1.95. The molecule has 0 aromatic heterocycles. The highest BCUT2D eigenvalue weighted by atomic mass is 16.5. The van der Waals surface area contributed by atoms with Crippen molar-refractivity contribution in [1.82, 2.24) is 10.2 Å². The van der Waals surface area contributed by atoms with Gasteiger partial charge in [-0.15, -0.1) is 0 Å². The van der Waals surface area contributed by atoms with Crippen molar-refractivity contribution < 1.29 is 19.0 Å². The van der Waals surface area contributed by atoms with E-state index in [1.54, 1.807) is 14.2 Å². The lowest BCUT2D eigenvalue weighted by molar-refractivity contribution is 0.0531. The van der Waals surface area contributed by atoms with E-state index in [4.69, 9.17) is 14.2 Å². The second-order valence-electron chi connectivity index (χ2n) is 6.11. The van der Waals surface area contributed by atoms with Crippen LogP contribution in [-0.2, 0) is 10.2 Å². The van der Waals surface area contributed by atoms with Gasteiger partial charge in [-0.2, -0.15) is 0 Å². The highest BCUT2D eigenvalue weighted by molar-refractivity contribution is 5.74. The molecule has 2 amide bonds. The average molecular weight is 320 g/mol. The Balaban J connectivity index is 1.64. The van der Waals surface area contributed by atoms with Crippen molar-refractivity contribution in [2.24, 2.45) is 0 Å². The Kier molecular flexibility index (Phi) is 4.61. The van der Waals surface area contributed by atoms with Crippen LogP contribution in [0.4, 0.5) is 4.79 Å². The number of benzene rings is 1. The number of rotatable bonds is 5. The van der Waals surface area contributed by atoms with Gasteiger partial charge in [-0.1, -0.05) is 6.07 Å². The molecule has 1 aliphatic carbocycles. The van der Waals surface area contributed by atoms with Gasteiger partial charge in [0.25, 0.3) is 0 Å². The summed E-state index contributed by atoms with van der Waals surface area (Å²) in [6.45, 7) is 3.21. The highest BCUT2D eigenvalue weighted by Gasteiger charge is 2.45. The number of ether oxygens (including phenoxy) is 3. The third-order valence-corrected chi connectivity index (χ3v) is 4.73. The van der Waals surface area contributed by atoms with Crippen LogP contribution in [0, 0.1) is 0 Å². The van der Waals surface area contributed by atoms with E-state index in [1.165, 1.54) is 5.56 Å². The zero-order valence-corrected chi connectivity index (χ0v) is 13.8. The minimum atomic E-state index is 0.0000478. The molecule has 6 heteroatoms. The minimum absolute atomic E-state index is 0.0000478. The van der Waals surface area contributed by atoms with E-state index in [9.17, 15) is 4.79 Å². The summed E-state index contributed by atoms with van der Waals surface area (Å²) in [5.41, 5.74) is 1.22. The van der Waals surface area contributed by atoms with Crippen LogP contribution in [0.2, 0.25) is 0 Å². The molecular formula is C17H24N2O4. The molecule has 0 radical (unpaired) electrons. The molecule has 1 heterocycles. The molecule has 1 saturated carbocycles. The van der Waals surface area contributed by atoms with Crippen molar-refractivity contribution in [3.8, 4) is 11.5 Å². The van der Waals surface area contributed by atoms with E-state index in [1.807, 2.05) is 17.0 Å². The fraction of sp³-hybridized carbons (Fsp3) is 0.588. The van der Waals surface area contributed by atoms with Crippen molar-refractivity contribution in [2.45, 2.75) is 18.3 Å². The molecule has 0 spiro atoms. The molecule has 1 saturated heterocycles. The molecule has 0 unspecified atom stereocenters. The molecule has 3 rings (SSSR count). The normalized spacial score (nSPS) is 19.1. The molecule has 1 aromatic rings. The molecule has 6 nitrogen and oxygen atoms in total. The molecule has 23 heavy (non-hydrogen) atoms. The lowest BCUT2D eigenvalue weighted by atomic mass is 9.95. The maximum absolute atomic E-state index is 12.2. The van der Waals surface area contributed by atoms with Gasteiger partial charge in [0.2, 0.25) is 0 Å². The van der Waals surface area contributed by atoms with Crippen molar-refractivity contribution in [1.29, 1.82) is 0 Å². The van der Waals surface area contributed by atoms with E-state index in [-0.39, 0.29) is 11.4 Å². The van der Waals surface area contributed by atoms with Gasteiger partial charge < -0.3 is 24.4 Å². The van der Waals surface area contributed by atoms with Gasteiger partial charge >= 0.3 is 6.03 Å². The Morgan fingerprint density at radius 2 is 1.91 bits per heavy atom. The number of morpholine rings is 1. The quantitative estimate of drug-likeness (QED) is 0.898. The summed E-state index contributed by atoms with van der Waals surface area (Å²) in [7, 11) is 3.27. The summed E-state index contributed by atoms with van der Waals surface area (Å²) in [5.74, 6) is 1.46. The number of carbonyl (C=O) groups is 1. The number of amides is 2. The van der Waals surface area contributed by atoms with Crippen LogP contribution in [0.25, 0.3) is 0 Å². The maximum atomic E-state index is 12.2. The summed E-state index contributed by atoms with van der Waals surface area (Å²) < 4.78 is 16.0. The summed E-state index contributed by atoms with van der Waals surface area (Å²) in [6.07, 6.45) is 2.15. The monoisotopic (exact) mass is 320 g/mol. The predicted molar refractivity (Wildman–Crippen MR) is 86.2 cm³/mol. The van der Waals surface area contributed by atoms with Gasteiger partial charge in [-0.3, -0.25) is 0 Å². The Morgan fingerprint density at radius 3 is 2.52 bits per heavy atom. The number of urea groups is 1. The molecule has 1 N–H and O–H groups in total. The van der Waals surface area contributed by atoms with Crippen molar-refractivity contribution >= 4 is 6.03 Å². The Morgan fingerprint density at radius 1 is 1.22 bits per heavy atom. The number of nitrogens with zero attached hydrogens (tertiary/aromatic N) is 1. The van der Waals surface area contributed by atoms with Gasteiger partial charge in [0.05, 0.1) is 27.4 Å². The first kappa shape index (κ1) is 15.9. The van der Waals surface area contributed by atoms with Crippen LogP contribution in [-0.4, -0.2) is 58.0 Å². The fourth-order valence-corrected chi connectivity index (χ4v) is 3.01. The van der Waals surface area contributed by atoms with Gasteiger partial charge in [0.15, 0.2) is 11.5 Å². The molecule has 0 atom stereocenters. The van der Waals surface area contributed by atoms with Crippen LogP contribution in [0.1, 0.15) is 18.4 Å². The first-order valence-corrected chi connectivity index (χ1v) is 8.01. The van der Waals surface area contributed by atoms with Crippen LogP contribution in [0.5, 0.6) is 11.5 Å². The lowest BCUT2D eigenvalue weighted by Crippen LogP contribution is -2.47. The third-order valence-electron chi connectivity index (χ3n) is 4.73. The first-order chi connectivity index (χ1) is 11.2. The molecule has 126 valence electrons. The van der Waals surface area contributed by atoms with Gasteiger partial charge in [-0.25, -0.2) is 4.79 Å². The third kappa shape index (κ3) is 3.37. The van der Waals surface area contributed by atoms with E-state index in [0.717, 1.165) is 24.3 Å². The number of methoxy groups -OCH3 is 2. The number of nitrogens with one attached hydrogen (secondary N) is 1. The molecule has 2 aliphatic rings. The summed E-state index contributed by atoms with van der Waals surface area (Å²) in [5, 5.41) is 3.08. The topological polar surface area (TPSA) is 60.0 Å². The van der Waals surface area contributed by atoms with Crippen molar-refractivity contribution in [2.75, 3.05) is 47.1 Å². The van der Waals surface area contributed by atoms with Crippen LogP contribution < -0.4 is 14.8 Å². The minimum Gasteiger partial charge on any atom is -0.493 e. The summed E-state index contributed by atoms with van der Waals surface area (Å²) in [4.78, 5) is 14.1. The predicted octanol–water partition coefficient (Wildman–Crippen LogP) is 1.78. The average Bonchev–Trinajstić information content (AvgIpc) is 3.41. The zero-order chi connectivity index (χ0) is 16.3. The molecule has 1 aromatic carbocycles. The van der Waals surface area contributed by atoms with Gasteiger partial charge in [0, 0.05) is 25.0 Å². The maximum Gasteiger partial charge on any atom is 0.317 e. The van der Waals surface area contributed by atoms with E-state index >= 15 is 0 Å². The van der Waals surface area contributed by atoms with Crippen LogP contribution in [0.15, 0.2) is 18.2 Å². The standard InChI is InChI=1S/C17H24N2O4/c1-21-14-4-3-13(11-15(14)22-2)17(5-6-17)12-18-16(20)19-7-9-23-10-8-19/h3-4,11H,5-10,12H2,1-2H3,(H,18,20). The zero-order valence-electron chi connectivity index (χ0n) is 13.8. The SMILES string of the molecule is COc1ccc(C2(CNC(=O)N3CCOCC3)CC2)cc1OC. The molecule has 0 bridgehead atoms. The van der Waals surface area contributed by atoms with E-state index in [0.29, 0.717) is 32.8 Å². The van der Waals surface area contributed by atoms with Gasteiger partial charge in [-0.05, 0) is 30.5 Å².